The summed E-state index contributed by atoms with van der Waals surface area (Å²) in [6.45, 7) is 0. The molecule has 31 valence electrons. The van der Waals surface area contributed by atoms with Gasteiger partial charge in [0.25, 0.3) is 0 Å². The molecule has 0 saturated heterocycles. The molecule has 4 heavy (non-hydrogen) atoms. The molecule has 0 N–H and O–H groups in total. The maximum absolute atomic E-state index is 3.22. The topological polar surface area (TPSA) is 0 Å². The minimum Gasteiger partial charge on any atom is -0.115 e. The summed E-state index contributed by atoms with van der Waals surface area (Å²) in [7, 11) is 0. The number of hydrogen-bond acceptors (Lipinski definition) is 2. The summed E-state index contributed by atoms with van der Waals surface area (Å²) >= 11 is 6.44. The van der Waals surface area contributed by atoms with E-state index < -0.39 is 0 Å². The van der Waals surface area contributed by atoms with Crippen molar-refractivity contribution in [2.24, 2.45) is 0 Å². The van der Waals surface area contributed by atoms with Crippen molar-refractivity contribution in [2.45, 2.75) is 0 Å². The Morgan fingerprint density at radius 1 is 1.00 bits per heavy atom. The van der Waals surface area contributed by atoms with Gasteiger partial charge in [-0.1, -0.05) is 0 Å². The molecule has 0 fully saturated rings. The molecule has 0 aliphatic carbocycles. The zero-order valence-electron chi connectivity index (χ0n) is 1.59. The molecule has 0 aromatic rings. The quantitative estimate of drug-likeness (QED) is 0.356. The second kappa shape index (κ2) is 19.9. The SMILES string of the molecule is SS.[Pd].[Re]. The smallest absolute Gasteiger partial charge is 0 e. The largest absolute Gasteiger partial charge is 0.115 e. The Morgan fingerprint density at radius 3 is 1.00 bits per heavy atom. The van der Waals surface area contributed by atoms with Gasteiger partial charge in [0.2, 0.25) is 0 Å². The van der Waals surface area contributed by atoms with E-state index in [2.05, 4.69) is 23.3 Å². The summed E-state index contributed by atoms with van der Waals surface area (Å²) < 4.78 is 0. The van der Waals surface area contributed by atoms with Crippen LogP contribution in [0.25, 0.3) is 0 Å². The summed E-state index contributed by atoms with van der Waals surface area (Å²) in [4.78, 5) is 0. The molecule has 0 spiro atoms. The number of thiol groups is 2. The van der Waals surface area contributed by atoms with Gasteiger partial charge in [-0.3, -0.25) is 0 Å². The van der Waals surface area contributed by atoms with Crippen LogP contribution in [0, 0.1) is 0 Å². The third kappa shape index (κ3) is 8.98. The van der Waals surface area contributed by atoms with E-state index in [0.29, 0.717) is 0 Å². The van der Waals surface area contributed by atoms with E-state index in [1.54, 1.807) is 0 Å². The monoisotopic (exact) mass is 359 g/mol. The predicted octanol–water partition coefficient (Wildman–Crippen LogP) is 0.756. The molecule has 0 heterocycles. The van der Waals surface area contributed by atoms with Gasteiger partial charge in [-0.05, 0) is 0 Å². The minimum absolute atomic E-state index is 0. The van der Waals surface area contributed by atoms with Gasteiger partial charge in [-0.2, -0.15) is 0 Å². The molecule has 0 aliphatic heterocycles. The normalized spacial score (nSPS) is 1.50. The van der Waals surface area contributed by atoms with Gasteiger partial charge in [0, 0.05) is 40.8 Å². The standard InChI is InChI=1S/Pd.Re.H2S2/c;;1-2/h;;1-2H. The number of rotatable bonds is 0. The first kappa shape index (κ1) is 16.6. The fourth-order valence-electron chi connectivity index (χ4n) is 0. The van der Waals surface area contributed by atoms with Crippen LogP contribution in [0.15, 0.2) is 0 Å². The van der Waals surface area contributed by atoms with E-state index in [9.17, 15) is 0 Å². The molecule has 0 unspecified atom stereocenters. The summed E-state index contributed by atoms with van der Waals surface area (Å²) in [5, 5.41) is 0. The van der Waals surface area contributed by atoms with Crippen molar-refractivity contribution in [2.75, 3.05) is 0 Å². The first-order valence-corrected chi connectivity index (χ1v) is 1.80. The molecule has 0 aromatic carbocycles. The van der Waals surface area contributed by atoms with Crippen LogP contribution in [0.2, 0.25) is 0 Å². The van der Waals surface area contributed by atoms with E-state index in [0.717, 1.165) is 0 Å². The molecular formula is H2PdReS2. The zero-order chi connectivity index (χ0) is 2.00. The average Bonchev–Trinajstić information content (AvgIpc) is 1.00. The fraction of sp³-hybridized carbons (Fsp3) is 0. The van der Waals surface area contributed by atoms with Gasteiger partial charge in [0.15, 0.2) is 0 Å². The Hall–Kier alpha value is 2.02. The van der Waals surface area contributed by atoms with Crippen molar-refractivity contribution in [3.8, 4) is 0 Å². The molecule has 0 saturated carbocycles. The number of hydrogen-bond donors (Lipinski definition) is 2. The summed E-state index contributed by atoms with van der Waals surface area (Å²) in [5.74, 6) is 0. The van der Waals surface area contributed by atoms with Crippen molar-refractivity contribution in [1.82, 2.24) is 0 Å². The van der Waals surface area contributed by atoms with Crippen LogP contribution in [-0.2, 0) is 40.8 Å². The fourth-order valence-corrected chi connectivity index (χ4v) is 0. The van der Waals surface area contributed by atoms with Crippen LogP contribution in [0.4, 0.5) is 0 Å². The molecule has 0 aromatic heterocycles. The Labute approximate surface area is 63.6 Å². The maximum atomic E-state index is 3.22. The third-order valence-electron chi connectivity index (χ3n) is 0. The molecule has 0 bridgehead atoms. The second-order valence-corrected chi connectivity index (χ2v) is 0. The van der Waals surface area contributed by atoms with E-state index >= 15 is 0 Å². The van der Waals surface area contributed by atoms with Crippen molar-refractivity contribution < 1.29 is 40.8 Å². The van der Waals surface area contributed by atoms with Gasteiger partial charge in [0.1, 0.15) is 0 Å². The van der Waals surface area contributed by atoms with Crippen molar-refractivity contribution in [3.63, 3.8) is 0 Å². The van der Waals surface area contributed by atoms with Gasteiger partial charge in [-0.25, -0.2) is 0 Å². The summed E-state index contributed by atoms with van der Waals surface area (Å²) in [6, 6.07) is 0. The van der Waals surface area contributed by atoms with Crippen LogP contribution in [-0.4, -0.2) is 0 Å². The molecule has 0 rings (SSSR count). The van der Waals surface area contributed by atoms with Crippen molar-refractivity contribution in [1.29, 1.82) is 0 Å². The van der Waals surface area contributed by atoms with E-state index in [1.165, 1.54) is 0 Å². The van der Waals surface area contributed by atoms with Gasteiger partial charge < -0.3 is 0 Å². The van der Waals surface area contributed by atoms with Crippen LogP contribution in [0.1, 0.15) is 0 Å². The molecule has 0 amide bonds. The third-order valence-corrected chi connectivity index (χ3v) is 0. The Morgan fingerprint density at radius 2 is 1.00 bits per heavy atom. The van der Waals surface area contributed by atoms with Crippen LogP contribution in [0.5, 0.6) is 0 Å². The predicted molar refractivity (Wildman–Crippen MR) is 18.0 cm³/mol. The summed E-state index contributed by atoms with van der Waals surface area (Å²) in [6.07, 6.45) is 0. The van der Waals surface area contributed by atoms with Gasteiger partial charge in [0.05, 0.1) is 0 Å². The molecule has 0 aliphatic rings. The van der Waals surface area contributed by atoms with E-state index in [4.69, 9.17) is 0 Å². The molecule has 0 nitrogen and oxygen atoms in total. The molecule has 1 radical (unpaired) electrons. The first-order chi connectivity index (χ1) is 1.00. The Balaban J connectivity index is -0.00000000500. The van der Waals surface area contributed by atoms with Gasteiger partial charge >= 0.3 is 0 Å². The van der Waals surface area contributed by atoms with Crippen molar-refractivity contribution in [3.05, 3.63) is 0 Å². The van der Waals surface area contributed by atoms with E-state index in [1.807, 2.05) is 0 Å². The Kier molecular flexibility index (Phi) is 82.5. The minimum atomic E-state index is 0. The van der Waals surface area contributed by atoms with E-state index in [-0.39, 0.29) is 40.8 Å². The van der Waals surface area contributed by atoms with Crippen LogP contribution < -0.4 is 0 Å². The maximum Gasteiger partial charge on any atom is 0 e. The Bertz CT molecular complexity index is 6.00. The zero-order valence-corrected chi connectivity index (χ0v) is 7.65. The van der Waals surface area contributed by atoms with Crippen molar-refractivity contribution >= 4 is 23.3 Å². The second-order valence-electron chi connectivity index (χ2n) is 0. The van der Waals surface area contributed by atoms with Crippen LogP contribution >= 0.6 is 23.3 Å². The molecular weight excluding hydrogens is 357 g/mol. The first-order valence-electron chi connectivity index (χ1n) is 0.200. The van der Waals surface area contributed by atoms with Crippen LogP contribution in [0.3, 0.4) is 0 Å². The molecule has 4 heteroatoms. The summed E-state index contributed by atoms with van der Waals surface area (Å²) in [5.41, 5.74) is 0. The van der Waals surface area contributed by atoms with Gasteiger partial charge in [-0.15, -0.1) is 23.3 Å². The average molecular weight is 359 g/mol. The molecule has 0 atom stereocenters.